The molecule has 172 valence electrons. The van der Waals surface area contributed by atoms with Crippen LogP contribution in [0.1, 0.15) is 50.2 Å². The Morgan fingerprint density at radius 1 is 1.18 bits per heavy atom. The van der Waals surface area contributed by atoms with Gasteiger partial charge in [-0.25, -0.2) is 9.78 Å². The molecule has 0 bridgehead atoms. The van der Waals surface area contributed by atoms with Gasteiger partial charge in [0, 0.05) is 24.7 Å². The molecule has 0 atom stereocenters. The van der Waals surface area contributed by atoms with Crippen molar-refractivity contribution >= 4 is 17.4 Å². The molecular weight excluding hydrogens is 438 g/mol. The van der Waals surface area contributed by atoms with Gasteiger partial charge in [0.2, 0.25) is 0 Å². The number of nitrogens with zero attached hydrogens (tertiary/aromatic N) is 2. The van der Waals surface area contributed by atoms with Crippen LogP contribution < -0.4 is 5.69 Å². The molecule has 1 fully saturated rings. The maximum absolute atomic E-state index is 12.7. The van der Waals surface area contributed by atoms with Crippen molar-refractivity contribution in [1.82, 2.24) is 15.0 Å². The molecule has 2 aromatic carbocycles. The second-order valence-corrected chi connectivity index (χ2v) is 9.46. The molecule has 0 spiro atoms. The van der Waals surface area contributed by atoms with Gasteiger partial charge in [-0.2, -0.15) is 4.98 Å². The van der Waals surface area contributed by atoms with E-state index in [4.69, 9.17) is 16.3 Å². The van der Waals surface area contributed by atoms with Gasteiger partial charge in [-0.05, 0) is 54.5 Å². The van der Waals surface area contributed by atoms with Crippen LogP contribution in [0.15, 0.2) is 47.3 Å². The normalized spacial score (nSPS) is 14.5. The molecule has 1 aliphatic carbocycles. The number of aromatic nitrogens is 3. The Balaban J connectivity index is 1.61. The minimum Gasteiger partial charge on any atom is -0.384 e. The van der Waals surface area contributed by atoms with Crippen LogP contribution in [0.3, 0.4) is 0 Å². The molecule has 0 saturated heterocycles. The van der Waals surface area contributed by atoms with Crippen LogP contribution in [0.2, 0.25) is 5.02 Å². The van der Waals surface area contributed by atoms with Crippen molar-refractivity contribution in [3.05, 3.63) is 69.1 Å². The fourth-order valence-corrected chi connectivity index (χ4v) is 4.25. The lowest BCUT2D eigenvalue weighted by Crippen LogP contribution is -2.21. The Bertz CT molecular complexity index is 1230. The molecular formula is C26H28ClN3O3. The molecule has 1 N–H and O–H groups in total. The average molecular weight is 466 g/mol. The Kier molecular flexibility index (Phi) is 6.77. The smallest absolute Gasteiger partial charge is 0.348 e. The number of Topliss-reactive ketones (excluding diaryl/α,β-unsaturated/α-hetero) is 1. The molecule has 6 nitrogen and oxygen atoms in total. The van der Waals surface area contributed by atoms with Crippen LogP contribution >= 0.6 is 11.6 Å². The minimum atomic E-state index is -0.489. The minimum absolute atomic E-state index is 0.239. The number of rotatable bonds is 9. The highest BCUT2D eigenvalue weighted by Gasteiger charge is 2.48. The van der Waals surface area contributed by atoms with Gasteiger partial charge in [0.05, 0.1) is 17.0 Å². The summed E-state index contributed by atoms with van der Waals surface area (Å²) in [5.74, 6) is 1.29. The number of methoxy groups -OCH3 is 1. The van der Waals surface area contributed by atoms with Gasteiger partial charge in [0.1, 0.15) is 11.6 Å². The van der Waals surface area contributed by atoms with Crippen LogP contribution in [-0.4, -0.2) is 34.5 Å². The van der Waals surface area contributed by atoms with Crippen molar-refractivity contribution in [2.24, 2.45) is 5.41 Å². The van der Waals surface area contributed by atoms with Gasteiger partial charge in [-0.15, -0.1) is 0 Å². The summed E-state index contributed by atoms with van der Waals surface area (Å²) < 4.78 is 5.23. The van der Waals surface area contributed by atoms with E-state index < -0.39 is 5.69 Å². The molecule has 1 saturated carbocycles. The fraction of sp³-hybridized carbons (Fsp3) is 0.385. The Morgan fingerprint density at radius 2 is 1.97 bits per heavy atom. The van der Waals surface area contributed by atoms with Gasteiger partial charge in [0.25, 0.3) is 0 Å². The molecule has 7 heteroatoms. The molecule has 1 aliphatic rings. The second-order valence-electron chi connectivity index (χ2n) is 9.06. The van der Waals surface area contributed by atoms with Crippen molar-refractivity contribution in [3.8, 4) is 22.8 Å². The van der Waals surface area contributed by atoms with Gasteiger partial charge in [-0.3, -0.25) is 9.78 Å². The van der Waals surface area contributed by atoms with Crippen molar-refractivity contribution in [2.45, 2.75) is 45.4 Å². The zero-order valence-electron chi connectivity index (χ0n) is 19.2. The Labute approximate surface area is 198 Å². The van der Waals surface area contributed by atoms with E-state index in [2.05, 4.69) is 28.8 Å². The molecule has 1 heterocycles. The lowest BCUT2D eigenvalue weighted by Gasteiger charge is -2.13. The SMILES string of the molecule is COCC1(C(=O)CCc2ccc(Cl)c(-c3nc(-c4cccc(C(C)C)c4)nc(=O)[nH]3)c2)CC1. The fourth-order valence-electron chi connectivity index (χ4n) is 4.04. The summed E-state index contributed by atoms with van der Waals surface area (Å²) in [5, 5.41) is 0.472. The van der Waals surface area contributed by atoms with E-state index in [1.54, 1.807) is 13.2 Å². The number of carbonyl (C=O) groups is 1. The number of carbonyl (C=O) groups excluding carboxylic acids is 1. The number of ether oxygens (including phenoxy) is 1. The summed E-state index contributed by atoms with van der Waals surface area (Å²) >= 11 is 6.47. The number of aromatic amines is 1. The van der Waals surface area contributed by atoms with Crippen molar-refractivity contribution in [3.63, 3.8) is 0 Å². The number of aryl methyl sites for hydroxylation is 1. The monoisotopic (exact) mass is 465 g/mol. The highest BCUT2D eigenvalue weighted by Crippen LogP contribution is 2.47. The first-order valence-corrected chi connectivity index (χ1v) is 11.6. The van der Waals surface area contributed by atoms with Gasteiger partial charge < -0.3 is 4.74 Å². The van der Waals surface area contributed by atoms with Crippen LogP contribution in [-0.2, 0) is 16.0 Å². The summed E-state index contributed by atoms with van der Waals surface area (Å²) in [6.45, 7) is 4.71. The average Bonchev–Trinajstić information content (AvgIpc) is 3.59. The number of H-pyrrole nitrogens is 1. The first-order valence-electron chi connectivity index (χ1n) is 11.2. The number of benzene rings is 2. The summed E-state index contributed by atoms with van der Waals surface area (Å²) in [7, 11) is 1.63. The summed E-state index contributed by atoms with van der Waals surface area (Å²) in [4.78, 5) is 36.4. The zero-order valence-corrected chi connectivity index (χ0v) is 19.9. The van der Waals surface area contributed by atoms with Gasteiger partial charge >= 0.3 is 5.69 Å². The third-order valence-electron chi connectivity index (χ3n) is 6.25. The van der Waals surface area contributed by atoms with E-state index in [0.29, 0.717) is 47.6 Å². The Morgan fingerprint density at radius 3 is 2.67 bits per heavy atom. The quantitative estimate of drug-likeness (QED) is 0.469. The zero-order chi connectivity index (χ0) is 23.6. The topological polar surface area (TPSA) is 84.9 Å². The van der Waals surface area contributed by atoms with E-state index in [0.717, 1.165) is 29.5 Å². The first-order chi connectivity index (χ1) is 15.8. The van der Waals surface area contributed by atoms with E-state index in [1.165, 1.54) is 0 Å². The lowest BCUT2D eigenvalue weighted by atomic mass is 9.95. The van der Waals surface area contributed by atoms with Crippen molar-refractivity contribution in [1.29, 1.82) is 0 Å². The van der Waals surface area contributed by atoms with E-state index in [-0.39, 0.29) is 11.2 Å². The molecule has 33 heavy (non-hydrogen) atoms. The molecule has 0 radical (unpaired) electrons. The molecule has 0 unspecified atom stereocenters. The lowest BCUT2D eigenvalue weighted by molar-refractivity contribution is -0.126. The highest BCUT2D eigenvalue weighted by molar-refractivity contribution is 6.33. The van der Waals surface area contributed by atoms with Crippen LogP contribution in [0.4, 0.5) is 0 Å². The molecule has 3 aromatic rings. The maximum atomic E-state index is 12.7. The largest absolute Gasteiger partial charge is 0.384 e. The van der Waals surface area contributed by atoms with Crippen molar-refractivity contribution < 1.29 is 9.53 Å². The maximum Gasteiger partial charge on any atom is 0.348 e. The predicted molar refractivity (Wildman–Crippen MR) is 129 cm³/mol. The van der Waals surface area contributed by atoms with Crippen LogP contribution in [0.25, 0.3) is 22.8 Å². The third kappa shape index (κ3) is 5.23. The molecule has 0 aliphatic heterocycles. The number of nitrogens with one attached hydrogen (secondary N) is 1. The van der Waals surface area contributed by atoms with Gasteiger partial charge in [0.15, 0.2) is 5.82 Å². The summed E-state index contributed by atoms with van der Waals surface area (Å²) in [6, 6.07) is 13.4. The van der Waals surface area contributed by atoms with Crippen LogP contribution in [0, 0.1) is 5.41 Å². The standard InChI is InChI=1S/C26H28ClN3O3/c1-16(2)18-5-4-6-19(14-18)23-28-24(30-25(32)29-23)20-13-17(7-9-21(20)27)8-10-22(31)26(11-12-26)15-33-3/h4-7,9,13-14,16H,8,10-12,15H2,1-3H3,(H,28,29,30,32). The third-order valence-corrected chi connectivity index (χ3v) is 6.58. The molecule has 1 aromatic heterocycles. The molecule has 4 rings (SSSR count). The number of ketones is 1. The van der Waals surface area contributed by atoms with E-state index >= 15 is 0 Å². The van der Waals surface area contributed by atoms with E-state index in [1.807, 2.05) is 36.4 Å². The van der Waals surface area contributed by atoms with Gasteiger partial charge in [-0.1, -0.05) is 49.7 Å². The van der Waals surface area contributed by atoms with Crippen molar-refractivity contribution in [2.75, 3.05) is 13.7 Å². The summed E-state index contributed by atoms with van der Waals surface area (Å²) in [6.07, 6.45) is 2.83. The van der Waals surface area contributed by atoms with E-state index in [9.17, 15) is 9.59 Å². The van der Waals surface area contributed by atoms with Crippen LogP contribution in [0.5, 0.6) is 0 Å². The number of hydrogen-bond acceptors (Lipinski definition) is 5. The Hall–Kier alpha value is -2.83. The predicted octanol–water partition coefficient (Wildman–Crippen LogP) is 5.20. The second kappa shape index (κ2) is 9.57. The number of halogens is 1. The molecule has 0 amide bonds. The first kappa shape index (κ1) is 23.3. The summed E-state index contributed by atoms with van der Waals surface area (Å²) in [5.41, 5.74) is 2.71. The number of hydrogen-bond donors (Lipinski definition) is 1. The highest BCUT2D eigenvalue weighted by atomic mass is 35.5.